The fraction of sp³-hybridized carbons (Fsp3) is 0. The van der Waals surface area contributed by atoms with Gasteiger partial charge in [-0.15, -0.1) is 0 Å². The molecule has 0 aliphatic carbocycles. The summed E-state index contributed by atoms with van der Waals surface area (Å²) in [6.07, 6.45) is 1.53. The van der Waals surface area contributed by atoms with Gasteiger partial charge < -0.3 is 4.98 Å². The molecule has 0 radical (unpaired) electrons. The molecule has 2 aromatic heterocycles. The van der Waals surface area contributed by atoms with Crippen LogP contribution in [0.1, 0.15) is 10.5 Å². The molecule has 7 heteroatoms. The van der Waals surface area contributed by atoms with E-state index in [1.807, 2.05) is 6.07 Å². The molecule has 2 heterocycles. The van der Waals surface area contributed by atoms with E-state index >= 15 is 0 Å². The van der Waals surface area contributed by atoms with Crippen LogP contribution in [0.25, 0.3) is 32.2 Å². The van der Waals surface area contributed by atoms with Crippen LogP contribution in [-0.2, 0) is 0 Å². The molecule has 6 nitrogen and oxygen atoms in total. The Hall–Kier alpha value is -2.56. The molecule has 3 rings (SSSR count). The smallest absolute Gasteiger partial charge is 0.267 e. The number of azide groups is 1. The van der Waals surface area contributed by atoms with E-state index in [1.165, 1.54) is 6.20 Å². The molecule has 0 atom stereocenters. The van der Waals surface area contributed by atoms with Gasteiger partial charge >= 0.3 is 0 Å². The molecule has 92 valence electrons. The fourth-order valence-corrected chi connectivity index (χ4v) is 2.15. The molecule has 0 aliphatic rings. The Morgan fingerprint density at radius 2 is 2.11 bits per heavy atom. The highest BCUT2D eigenvalue weighted by Crippen LogP contribution is 2.27. The average Bonchev–Trinajstić information content (AvgIpc) is 2.76. The van der Waals surface area contributed by atoms with Crippen molar-refractivity contribution in [2.75, 3.05) is 0 Å². The molecule has 0 aliphatic heterocycles. The number of hydrogen-bond acceptors (Lipinski definition) is 2. The Bertz CT molecular complexity index is 863. The number of aromatic nitrogens is 2. The van der Waals surface area contributed by atoms with Crippen LogP contribution in [0.2, 0.25) is 5.02 Å². The van der Waals surface area contributed by atoms with E-state index in [9.17, 15) is 4.79 Å². The van der Waals surface area contributed by atoms with Crippen molar-refractivity contribution in [1.82, 2.24) is 9.97 Å². The predicted octanol–water partition coefficient (Wildman–Crippen LogP) is 3.82. The van der Waals surface area contributed by atoms with Gasteiger partial charge in [0, 0.05) is 26.2 Å². The summed E-state index contributed by atoms with van der Waals surface area (Å²) in [6, 6.07) is 7.02. The van der Waals surface area contributed by atoms with Gasteiger partial charge in [0.25, 0.3) is 5.91 Å². The molecular formula is C12H6ClN5O. The van der Waals surface area contributed by atoms with E-state index in [0.717, 1.165) is 21.8 Å². The van der Waals surface area contributed by atoms with Crippen LogP contribution < -0.4 is 0 Å². The first-order valence-electron chi connectivity index (χ1n) is 5.35. The quantitative estimate of drug-likeness (QED) is 0.414. The standard InChI is InChI=1S/C12H6ClN5O/c13-6-1-2-9-7(3-6)8-4-10(12(19)17-18-14)15-5-11(8)16-9/h1-5,16H. The van der Waals surface area contributed by atoms with Crippen molar-refractivity contribution in [3.05, 3.63) is 51.6 Å². The molecule has 0 spiro atoms. The first kappa shape index (κ1) is 11.5. The second kappa shape index (κ2) is 4.28. The number of carbonyl (C=O) groups is 1. The maximum Gasteiger partial charge on any atom is 0.267 e. The van der Waals surface area contributed by atoms with Gasteiger partial charge in [-0.25, -0.2) is 0 Å². The molecule has 3 aromatic rings. The van der Waals surface area contributed by atoms with Gasteiger partial charge in [0.05, 0.1) is 11.7 Å². The molecule has 0 saturated carbocycles. The van der Waals surface area contributed by atoms with Crippen LogP contribution in [0.5, 0.6) is 0 Å². The number of carbonyl (C=O) groups excluding carboxylic acids is 1. The van der Waals surface area contributed by atoms with E-state index in [4.69, 9.17) is 17.1 Å². The van der Waals surface area contributed by atoms with Crippen LogP contribution in [0.4, 0.5) is 0 Å². The van der Waals surface area contributed by atoms with E-state index < -0.39 is 5.91 Å². The lowest BCUT2D eigenvalue weighted by molar-refractivity contribution is 0.0996. The predicted molar refractivity (Wildman–Crippen MR) is 72.1 cm³/mol. The van der Waals surface area contributed by atoms with E-state index in [2.05, 4.69) is 20.0 Å². The highest BCUT2D eigenvalue weighted by Gasteiger charge is 2.10. The summed E-state index contributed by atoms with van der Waals surface area (Å²) < 4.78 is 0. The number of fused-ring (bicyclic) bond motifs is 3. The minimum absolute atomic E-state index is 0.103. The summed E-state index contributed by atoms with van der Waals surface area (Å²) in [7, 11) is 0. The van der Waals surface area contributed by atoms with Gasteiger partial charge in [0.1, 0.15) is 5.69 Å². The minimum atomic E-state index is -0.708. The van der Waals surface area contributed by atoms with E-state index in [1.54, 1.807) is 18.2 Å². The number of halogens is 1. The van der Waals surface area contributed by atoms with Gasteiger partial charge in [-0.3, -0.25) is 9.78 Å². The Balaban J connectivity index is 2.31. The lowest BCUT2D eigenvalue weighted by Crippen LogP contribution is -1.96. The molecule has 1 N–H and O–H groups in total. The number of nitrogens with one attached hydrogen (secondary N) is 1. The Kier molecular flexibility index (Phi) is 2.59. The normalized spacial score (nSPS) is 10.6. The topological polar surface area (TPSA) is 94.5 Å². The van der Waals surface area contributed by atoms with E-state index in [0.29, 0.717) is 5.02 Å². The number of rotatable bonds is 1. The Labute approximate surface area is 111 Å². The van der Waals surface area contributed by atoms with Gasteiger partial charge in [-0.05, 0) is 34.9 Å². The Morgan fingerprint density at radius 3 is 2.89 bits per heavy atom. The molecule has 1 aromatic carbocycles. The highest BCUT2D eigenvalue weighted by atomic mass is 35.5. The second-order valence-corrected chi connectivity index (χ2v) is 4.36. The fourth-order valence-electron chi connectivity index (χ4n) is 1.98. The number of pyridine rings is 1. The number of nitrogens with zero attached hydrogens (tertiary/aromatic N) is 4. The molecule has 0 unspecified atom stereocenters. The van der Waals surface area contributed by atoms with Gasteiger partial charge in [0.15, 0.2) is 0 Å². The summed E-state index contributed by atoms with van der Waals surface area (Å²) in [4.78, 5) is 21.1. The van der Waals surface area contributed by atoms with Crippen LogP contribution in [0, 0.1) is 0 Å². The van der Waals surface area contributed by atoms with Crippen molar-refractivity contribution in [2.24, 2.45) is 5.11 Å². The zero-order valence-electron chi connectivity index (χ0n) is 9.46. The SMILES string of the molecule is [N-]=[N+]=NC(=O)c1cc2c(cn1)[nH]c1ccc(Cl)cc12. The summed E-state index contributed by atoms with van der Waals surface area (Å²) in [5, 5.41) is 5.33. The number of H-pyrrole nitrogens is 1. The van der Waals surface area contributed by atoms with Gasteiger partial charge in [0.2, 0.25) is 0 Å². The summed E-state index contributed by atoms with van der Waals surface area (Å²) in [5.74, 6) is -0.708. The van der Waals surface area contributed by atoms with Crippen molar-refractivity contribution in [3.8, 4) is 0 Å². The molecule has 1 amide bonds. The zero-order valence-corrected chi connectivity index (χ0v) is 10.2. The maximum absolute atomic E-state index is 11.5. The summed E-state index contributed by atoms with van der Waals surface area (Å²) >= 11 is 5.97. The highest BCUT2D eigenvalue weighted by molar-refractivity contribution is 6.31. The van der Waals surface area contributed by atoms with Crippen molar-refractivity contribution >= 4 is 39.3 Å². The largest absolute Gasteiger partial charge is 0.353 e. The second-order valence-electron chi connectivity index (χ2n) is 3.92. The molecule has 0 fully saturated rings. The molecule has 0 bridgehead atoms. The van der Waals surface area contributed by atoms with Crippen LogP contribution in [0.15, 0.2) is 35.6 Å². The third-order valence-corrected chi connectivity index (χ3v) is 3.03. The summed E-state index contributed by atoms with van der Waals surface area (Å²) in [6.45, 7) is 0. The first-order chi connectivity index (χ1) is 9.19. The number of aromatic amines is 1. The summed E-state index contributed by atoms with van der Waals surface area (Å²) in [5.41, 5.74) is 10.1. The minimum Gasteiger partial charge on any atom is -0.353 e. The number of amides is 1. The first-order valence-corrected chi connectivity index (χ1v) is 5.73. The number of benzene rings is 1. The zero-order chi connectivity index (χ0) is 13.4. The third kappa shape index (κ3) is 1.89. The molecule has 19 heavy (non-hydrogen) atoms. The van der Waals surface area contributed by atoms with E-state index in [-0.39, 0.29) is 5.69 Å². The Morgan fingerprint density at radius 1 is 1.32 bits per heavy atom. The molecule has 0 saturated heterocycles. The van der Waals surface area contributed by atoms with Crippen molar-refractivity contribution in [1.29, 1.82) is 0 Å². The molecular weight excluding hydrogens is 266 g/mol. The third-order valence-electron chi connectivity index (χ3n) is 2.80. The van der Waals surface area contributed by atoms with Crippen LogP contribution in [-0.4, -0.2) is 15.9 Å². The monoisotopic (exact) mass is 271 g/mol. The number of hydrogen-bond donors (Lipinski definition) is 1. The van der Waals surface area contributed by atoms with Crippen molar-refractivity contribution in [3.63, 3.8) is 0 Å². The van der Waals surface area contributed by atoms with Crippen LogP contribution in [0.3, 0.4) is 0 Å². The average molecular weight is 272 g/mol. The maximum atomic E-state index is 11.5. The van der Waals surface area contributed by atoms with Gasteiger partial charge in [-0.2, -0.15) is 0 Å². The lowest BCUT2D eigenvalue weighted by Gasteiger charge is -1.95. The van der Waals surface area contributed by atoms with Crippen molar-refractivity contribution in [2.45, 2.75) is 0 Å². The van der Waals surface area contributed by atoms with Crippen molar-refractivity contribution < 1.29 is 4.79 Å². The van der Waals surface area contributed by atoms with Crippen LogP contribution >= 0.6 is 11.6 Å². The lowest BCUT2D eigenvalue weighted by atomic mass is 10.1. The van der Waals surface area contributed by atoms with Gasteiger partial charge in [-0.1, -0.05) is 11.6 Å².